The van der Waals surface area contributed by atoms with Crippen molar-refractivity contribution in [2.75, 3.05) is 14.2 Å². The molecule has 7 nitrogen and oxygen atoms in total. The van der Waals surface area contributed by atoms with Crippen molar-refractivity contribution in [3.63, 3.8) is 0 Å². The molecule has 1 atom stereocenters. The molecule has 41 heavy (non-hydrogen) atoms. The molecule has 0 aromatic heterocycles. The van der Waals surface area contributed by atoms with Gasteiger partial charge in [-0.05, 0) is 81.5 Å². The Morgan fingerprint density at radius 1 is 0.976 bits per heavy atom. The van der Waals surface area contributed by atoms with Gasteiger partial charge in [0.1, 0.15) is 23.5 Å². The average molecular weight is 600 g/mol. The molecule has 220 valence electrons. The standard InChI is InChI=1S/C32H38ClNO6S/c1-31(2,3)40-30(36)34-32(22-35,29(37-4)38-5)18-10-13-24-16-17-27(20-28(24)33)41-26-15-9-14-25(19-26)39-21-23-11-7-6-8-12-23/h6-9,11-12,14-17,19-20,22,29H,10,13,18,21H2,1-5H3,(H,34,36). The lowest BCUT2D eigenvalue weighted by molar-refractivity contribution is -0.162. The van der Waals surface area contributed by atoms with Crippen LogP contribution in [0.15, 0.2) is 82.6 Å². The van der Waals surface area contributed by atoms with E-state index in [9.17, 15) is 9.59 Å². The number of hydrogen-bond acceptors (Lipinski definition) is 7. The number of nitrogens with one attached hydrogen (secondary N) is 1. The minimum Gasteiger partial charge on any atom is -0.489 e. The normalized spacial score (nSPS) is 13.0. The van der Waals surface area contributed by atoms with Crippen LogP contribution < -0.4 is 10.1 Å². The van der Waals surface area contributed by atoms with Crippen LogP contribution in [-0.2, 0) is 32.0 Å². The summed E-state index contributed by atoms with van der Waals surface area (Å²) >= 11 is 8.25. The van der Waals surface area contributed by atoms with Crippen LogP contribution in [0, 0.1) is 0 Å². The Bertz CT molecular complexity index is 1280. The number of aryl methyl sites for hydroxylation is 1. The van der Waals surface area contributed by atoms with Crippen LogP contribution in [0.5, 0.6) is 5.75 Å². The monoisotopic (exact) mass is 599 g/mol. The summed E-state index contributed by atoms with van der Waals surface area (Å²) in [5, 5.41) is 3.30. The molecule has 3 aromatic rings. The summed E-state index contributed by atoms with van der Waals surface area (Å²) < 4.78 is 22.1. The molecular formula is C32H38ClNO6S. The number of halogens is 1. The third-order valence-corrected chi connectivity index (χ3v) is 7.47. The Balaban J connectivity index is 1.63. The Morgan fingerprint density at radius 3 is 2.32 bits per heavy atom. The first-order valence-corrected chi connectivity index (χ1v) is 14.5. The molecule has 9 heteroatoms. The molecule has 1 unspecified atom stereocenters. The molecule has 3 aromatic carbocycles. The van der Waals surface area contributed by atoms with E-state index in [0.29, 0.717) is 30.8 Å². The van der Waals surface area contributed by atoms with Crippen molar-refractivity contribution in [2.24, 2.45) is 0 Å². The van der Waals surface area contributed by atoms with Gasteiger partial charge in [-0.3, -0.25) is 0 Å². The van der Waals surface area contributed by atoms with Crippen molar-refractivity contribution in [1.29, 1.82) is 0 Å². The van der Waals surface area contributed by atoms with E-state index in [2.05, 4.69) is 5.32 Å². The van der Waals surface area contributed by atoms with Gasteiger partial charge in [0.2, 0.25) is 0 Å². The van der Waals surface area contributed by atoms with Crippen LogP contribution in [0.1, 0.15) is 44.7 Å². The molecule has 0 bridgehead atoms. The first kappa shape index (κ1) is 32.5. The zero-order valence-corrected chi connectivity index (χ0v) is 25.7. The summed E-state index contributed by atoms with van der Waals surface area (Å²) in [5.74, 6) is 0.797. The van der Waals surface area contributed by atoms with Gasteiger partial charge in [0.25, 0.3) is 0 Å². The van der Waals surface area contributed by atoms with Crippen molar-refractivity contribution in [3.05, 3.63) is 88.9 Å². The molecule has 0 spiro atoms. The number of rotatable bonds is 14. The molecule has 0 fully saturated rings. The maximum atomic E-state index is 12.5. The number of benzene rings is 3. The highest BCUT2D eigenvalue weighted by Gasteiger charge is 2.42. The first-order valence-electron chi connectivity index (χ1n) is 13.3. The van der Waals surface area contributed by atoms with Crippen molar-refractivity contribution in [1.82, 2.24) is 5.32 Å². The third-order valence-electron chi connectivity index (χ3n) is 6.14. The van der Waals surface area contributed by atoms with E-state index in [4.69, 9.17) is 30.5 Å². The third kappa shape index (κ3) is 10.1. The van der Waals surface area contributed by atoms with Gasteiger partial charge in [0, 0.05) is 29.0 Å². The van der Waals surface area contributed by atoms with E-state index in [1.165, 1.54) is 14.2 Å². The van der Waals surface area contributed by atoms with E-state index < -0.39 is 23.5 Å². The van der Waals surface area contributed by atoms with Crippen LogP contribution >= 0.6 is 23.4 Å². The maximum absolute atomic E-state index is 12.5. The number of methoxy groups -OCH3 is 2. The molecule has 0 aliphatic carbocycles. The summed E-state index contributed by atoms with van der Waals surface area (Å²) in [4.78, 5) is 26.8. The lowest BCUT2D eigenvalue weighted by Crippen LogP contribution is -2.60. The molecule has 3 rings (SSSR count). The number of carbonyl (C=O) groups excluding carboxylic acids is 2. The van der Waals surface area contributed by atoms with Gasteiger partial charge in [-0.1, -0.05) is 65.8 Å². The zero-order chi connectivity index (χ0) is 29.9. The summed E-state index contributed by atoms with van der Waals surface area (Å²) in [5.41, 5.74) is -0.113. The van der Waals surface area contributed by atoms with Crippen LogP contribution in [-0.4, -0.2) is 44.0 Å². The fourth-order valence-corrected chi connectivity index (χ4v) is 5.51. The molecule has 0 heterocycles. The second kappa shape index (κ2) is 15.3. The lowest BCUT2D eigenvalue weighted by Gasteiger charge is -2.35. The summed E-state index contributed by atoms with van der Waals surface area (Å²) in [6.45, 7) is 5.75. The number of amides is 1. The first-order chi connectivity index (χ1) is 19.6. The SMILES string of the molecule is COC(OC)C(C=O)(CCCc1ccc(Sc2cccc(OCc3ccccc3)c2)cc1Cl)NC(=O)OC(C)(C)C. The van der Waals surface area contributed by atoms with Gasteiger partial charge >= 0.3 is 6.09 Å². The van der Waals surface area contributed by atoms with Crippen molar-refractivity contribution in [2.45, 2.75) is 73.9 Å². The van der Waals surface area contributed by atoms with Crippen LogP contribution in [0.3, 0.4) is 0 Å². The number of alkyl carbamates (subject to hydrolysis) is 1. The van der Waals surface area contributed by atoms with E-state index in [1.807, 2.05) is 72.8 Å². The van der Waals surface area contributed by atoms with Gasteiger partial charge in [-0.25, -0.2) is 4.79 Å². The highest BCUT2D eigenvalue weighted by atomic mass is 35.5. The van der Waals surface area contributed by atoms with Gasteiger partial charge in [-0.15, -0.1) is 0 Å². The molecule has 1 N–H and O–H groups in total. The number of ether oxygens (including phenoxy) is 4. The number of hydrogen-bond donors (Lipinski definition) is 1. The maximum Gasteiger partial charge on any atom is 0.408 e. The highest BCUT2D eigenvalue weighted by molar-refractivity contribution is 7.99. The minimum absolute atomic E-state index is 0.255. The highest BCUT2D eigenvalue weighted by Crippen LogP contribution is 2.33. The predicted molar refractivity (Wildman–Crippen MR) is 162 cm³/mol. The van der Waals surface area contributed by atoms with E-state index in [0.717, 1.165) is 26.7 Å². The minimum atomic E-state index is -1.43. The fraction of sp³-hybridized carbons (Fsp3) is 0.375. The average Bonchev–Trinajstić information content (AvgIpc) is 2.93. The summed E-state index contributed by atoms with van der Waals surface area (Å²) in [7, 11) is 2.84. The van der Waals surface area contributed by atoms with Gasteiger partial charge in [0.05, 0.1) is 0 Å². The fourth-order valence-electron chi connectivity index (χ4n) is 4.26. The number of carbonyl (C=O) groups is 2. The van der Waals surface area contributed by atoms with Crippen LogP contribution in [0.25, 0.3) is 0 Å². The van der Waals surface area contributed by atoms with E-state index in [1.54, 1.807) is 32.5 Å². The van der Waals surface area contributed by atoms with E-state index >= 15 is 0 Å². The molecule has 0 aliphatic heterocycles. The molecule has 1 amide bonds. The predicted octanol–water partition coefficient (Wildman–Crippen LogP) is 7.47. The molecule has 0 saturated carbocycles. The Kier molecular flexibility index (Phi) is 12.1. The Morgan fingerprint density at radius 2 is 1.68 bits per heavy atom. The molecular weight excluding hydrogens is 562 g/mol. The van der Waals surface area contributed by atoms with Gasteiger partial charge in [0.15, 0.2) is 12.6 Å². The number of aldehydes is 1. The van der Waals surface area contributed by atoms with E-state index in [-0.39, 0.29) is 6.42 Å². The van der Waals surface area contributed by atoms with Crippen molar-refractivity contribution in [3.8, 4) is 5.75 Å². The largest absolute Gasteiger partial charge is 0.489 e. The Hall–Kier alpha value is -3.04. The topological polar surface area (TPSA) is 83.1 Å². The second-order valence-corrected chi connectivity index (χ2v) is 12.1. The second-order valence-electron chi connectivity index (χ2n) is 10.5. The zero-order valence-electron chi connectivity index (χ0n) is 24.1. The van der Waals surface area contributed by atoms with Crippen LogP contribution in [0.2, 0.25) is 5.02 Å². The molecule has 0 saturated heterocycles. The summed E-state index contributed by atoms with van der Waals surface area (Å²) in [6.07, 6.45) is 0.299. The van der Waals surface area contributed by atoms with Crippen molar-refractivity contribution >= 4 is 35.7 Å². The lowest BCUT2D eigenvalue weighted by atomic mass is 9.92. The van der Waals surface area contributed by atoms with Gasteiger partial charge < -0.3 is 29.1 Å². The Labute approximate surface area is 251 Å². The molecule has 0 radical (unpaired) electrons. The van der Waals surface area contributed by atoms with Crippen LogP contribution in [0.4, 0.5) is 4.79 Å². The van der Waals surface area contributed by atoms with Gasteiger partial charge in [-0.2, -0.15) is 0 Å². The summed E-state index contributed by atoms with van der Waals surface area (Å²) in [6, 6.07) is 23.9. The van der Waals surface area contributed by atoms with Crippen molar-refractivity contribution < 1.29 is 28.5 Å². The smallest absolute Gasteiger partial charge is 0.408 e. The quantitative estimate of drug-likeness (QED) is 0.152. The molecule has 0 aliphatic rings.